The summed E-state index contributed by atoms with van der Waals surface area (Å²) in [6.45, 7) is 0.306. The van der Waals surface area contributed by atoms with Gasteiger partial charge in [0.2, 0.25) is 0 Å². The van der Waals surface area contributed by atoms with Crippen molar-refractivity contribution < 1.29 is 14.7 Å². The van der Waals surface area contributed by atoms with Crippen molar-refractivity contribution in [2.75, 3.05) is 7.05 Å². The average Bonchev–Trinajstić information content (AvgIpc) is 2.56. The van der Waals surface area contributed by atoms with Crippen LogP contribution >= 0.6 is 0 Å². The number of nitrogens with zero attached hydrogens (tertiary/aromatic N) is 1. The number of aromatic carboxylic acids is 1. The second kappa shape index (κ2) is 4.50. The minimum atomic E-state index is -0.983. The summed E-state index contributed by atoms with van der Waals surface area (Å²) in [4.78, 5) is 21.6. The fourth-order valence-electron chi connectivity index (χ4n) is 1.21. The van der Waals surface area contributed by atoms with Crippen molar-refractivity contribution in [3.8, 4) is 0 Å². The highest BCUT2D eigenvalue weighted by Crippen LogP contribution is 2.06. The predicted molar refractivity (Wildman–Crippen MR) is 53.7 cm³/mol. The number of nitrogens with one attached hydrogen (secondary N) is 2. The molecule has 0 aliphatic rings. The molecule has 1 aromatic heterocycles. The van der Waals surface area contributed by atoms with E-state index >= 15 is 0 Å². The number of aromatic nitrogens is 1. The lowest BCUT2D eigenvalue weighted by Gasteiger charge is -2.00. The van der Waals surface area contributed by atoms with Crippen LogP contribution in [0, 0.1) is 0 Å². The molecular formula is C9H13N3O3. The SMILES string of the molecule is CNC(=O)NCc1cc(C(=O)O)n(C)c1. The molecule has 0 radical (unpaired) electrons. The topological polar surface area (TPSA) is 83.4 Å². The molecule has 82 valence electrons. The van der Waals surface area contributed by atoms with E-state index in [1.807, 2.05) is 0 Å². The maximum absolute atomic E-state index is 10.9. The van der Waals surface area contributed by atoms with Crippen LogP contribution in [-0.2, 0) is 13.6 Å². The summed E-state index contributed by atoms with van der Waals surface area (Å²) in [6, 6.07) is 1.23. The molecule has 2 amide bonds. The molecule has 1 rings (SSSR count). The smallest absolute Gasteiger partial charge is 0.352 e. The molecule has 0 spiro atoms. The van der Waals surface area contributed by atoms with Gasteiger partial charge in [0.05, 0.1) is 0 Å². The van der Waals surface area contributed by atoms with Crippen molar-refractivity contribution in [1.29, 1.82) is 0 Å². The van der Waals surface area contributed by atoms with Gasteiger partial charge in [0.25, 0.3) is 0 Å². The van der Waals surface area contributed by atoms with Gasteiger partial charge in [-0.2, -0.15) is 0 Å². The van der Waals surface area contributed by atoms with Gasteiger partial charge in [0.15, 0.2) is 0 Å². The molecule has 6 heteroatoms. The van der Waals surface area contributed by atoms with Gasteiger partial charge in [0, 0.05) is 26.8 Å². The van der Waals surface area contributed by atoms with E-state index in [2.05, 4.69) is 10.6 Å². The van der Waals surface area contributed by atoms with Gasteiger partial charge in [-0.15, -0.1) is 0 Å². The first kappa shape index (κ1) is 11.1. The summed E-state index contributed by atoms with van der Waals surface area (Å²) in [6.07, 6.45) is 1.67. The van der Waals surface area contributed by atoms with Crippen molar-refractivity contribution in [3.63, 3.8) is 0 Å². The zero-order valence-corrected chi connectivity index (χ0v) is 8.57. The molecule has 0 fully saturated rings. The highest BCUT2D eigenvalue weighted by molar-refractivity contribution is 5.86. The van der Waals surface area contributed by atoms with Gasteiger partial charge >= 0.3 is 12.0 Å². The minimum Gasteiger partial charge on any atom is -0.477 e. The van der Waals surface area contributed by atoms with Crippen molar-refractivity contribution in [2.45, 2.75) is 6.54 Å². The summed E-state index contributed by atoms with van der Waals surface area (Å²) in [5.41, 5.74) is 0.946. The number of urea groups is 1. The zero-order valence-electron chi connectivity index (χ0n) is 8.57. The molecule has 0 saturated heterocycles. The number of carboxylic acids is 1. The maximum atomic E-state index is 10.9. The number of rotatable bonds is 3. The van der Waals surface area contributed by atoms with E-state index in [1.165, 1.54) is 17.7 Å². The standard InChI is InChI=1S/C9H13N3O3/c1-10-9(15)11-4-6-3-7(8(13)14)12(2)5-6/h3,5H,4H2,1-2H3,(H,13,14)(H2,10,11,15). The lowest BCUT2D eigenvalue weighted by molar-refractivity contribution is 0.0686. The zero-order chi connectivity index (χ0) is 11.4. The van der Waals surface area contributed by atoms with E-state index in [1.54, 1.807) is 13.2 Å². The molecule has 0 aliphatic carbocycles. The van der Waals surface area contributed by atoms with E-state index in [0.717, 1.165) is 5.56 Å². The summed E-state index contributed by atoms with van der Waals surface area (Å²) in [5, 5.41) is 13.8. The number of carbonyl (C=O) groups excluding carboxylic acids is 1. The van der Waals surface area contributed by atoms with Crippen molar-refractivity contribution >= 4 is 12.0 Å². The van der Waals surface area contributed by atoms with Crippen molar-refractivity contribution in [2.24, 2.45) is 7.05 Å². The molecule has 0 aliphatic heterocycles. The van der Waals surface area contributed by atoms with Crippen LogP contribution in [0.5, 0.6) is 0 Å². The quantitative estimate of drug-likeness (QED) is 0.665. The molecular weight excluding hydrogens is 198 g/mol. The number of aryl methyl sites for hydroxylation is 1. The molecule has 0 aromatic carbocycles. The van der Waals surface area contributed by atoms with Crippen LogP contribution in [0.4, 0.5) is 4.79 Å². The van der Waals surface area contributed by atoms with Crippen LogP contribution in [0.25, 0.3) is 0 Å². The van der Waals surface area contributed by atoms with Gasteiger partial charge < -0.3 is 20.3 Å². The first-order valence-corrected chi connectivity index (χ1v) is 4.38. The van der Waals surface area contributed by atoms with Crippen molar-refractivity contribution in [3.05, 3.63) is 23.5 Å². The van der Waals surface area contributed by atoms with Crippen LogP contribution in [0.1, 0.15) is 16.1 Å². The molecule has 1 heterocycles. The number of hydrogen-bond acceptors (Lipinski definition) is 2. The van der Waals surface area contributed by atoms with Gasteiger partial charge in [-0.25, -0.2) is 9.59 Å². The first-order valence-electron chi connectivity index (χ1n) is 4.38. The lowest BCUT2D eigenvalue weighted by atomic mass is 10.3. The van der Waals surface area contributed by atoms with E-state index in [4.69, 9.17) is 5.11 Å². The van der Waals surface area contributed by atoms with Gasteiger partial charge in [0.1, 0.15) is 5.69 Å². The molecule has 15 heavy (non-hydrogen) atoms. The van der Waals surface area contributed by atoms with Crippen LogP contribution < -0.4 is 10.6 Å². The molecule has 3 N–H and O–H groups in total. The van der Waals surface area contributed by atoms with Crippen molar-refractivity contribution in [1.82, 2.24) is 15.2 Å². The van der Waals surface area contributed by atoms with E-state index < -0.39 is 5.97 Å². The fourth-order valence-corrected chi connectivity index (χ4v) is 1.21. The van der Waals surface area contributed by atoms with E-state index in [-0.39, 0.29) is 11.7 Å². The number of carboxylic acid groups (broad SMARTS) is 1. The summed E-state index contributed by atoms with van der Waals surface area (Å²) in [7, 11) is 3.16. The molecule has 0 atom stereocenters. The molecule has 0 saturated carbocycles. The largest absolute Gasteiger partial charge is 0.477 e. The van der Waals surface area contributed by atoms with Crippen LogP contribution in [0.15, 0.2) is 12.3 Å². The second-order valence-electron chi connectivity index (χ2n) is 3.08. The Bertz CT molecular complexity index is 384. The fraction of sp³-hybridized carbons (Fsp3) is 0.333. The first-order chi connectivity index (χ1) is 7.04. The molecule has 0 bridgehead atoms. The Hall–Kier alpha value is -1.98. The van der Waals surface area contributed by atoms with Crippen LogP contribution in [0.3, 0.4) is 0 Å². The molecule has 6 nitrogen and oxygen atoms in total. The normalized spacial score (nSPS) is 9.73. The Labute approximate surface area is 86.9 Å². The summed E-state index contributed by atoms with van der Waals surface area (Å²) >= 11 is 0. The molecule has 0 unspecified atom stereocenters. The predicted octanol–water partition coefficient (Wildman–Crippen LogP) is 0.152. The number of hydrogen-bond donors (Lipinski definition) is 3. The van der Waals surface area contributed by atoms with Gasteiger partial charge in [-0.05, 0) is 11.6 Å². The van der Waals surface area contributed by atoms with Crippen LogP contribution in [-0.4, -0.2) is 28.7 Å². The highest BCUT2D eigenvalue weighted by atomic mass is 16.4. The third-order valence-corrected chi connectivity index (χ3v) is 1.96. The summed E-state index contributed by atoms with van der Waals surface area (Å²) < 4.78 is 1.50. The third kappa shape index (κ3) is 2.73. The Morgan fingerprint density at radius 1 is 1.53 bits per heavy atom. The third-order valence-electron chi connectivity index (χ3n) is 1.96. The monoisotopic (exact) mass is 211 g/mol. The molecule has 1 aromatic rings. The van der Waals surface area contributed by atoms with E-state index in [9.17, 15) is 9.59 Å². The number of carbonyl (C=O) groups is 2. The Balaban J connectivity index is 2.67. The van der Waals surface area contributed by atoms with E-state index in [0.29, 0.717) is 6.54 Å². The Kier molecular flexibility index (Phi) is 3.33. The minimum absolute atomic E-state index is 0.198. The number of amides is 2. The highest BCUT2D eigenvalue weighted by Gasteiger charge is 2.09. The van der Waals surface area contributed by atoms with Crippen LogP contribution in [0.2, 0.25) is 0 Å². The average molecular weight is 211 g/mol. The Morgan fingerprint density at radius 3 is 2.67 bits per heavy atom. The maximum Gasteiger partial charge on any atom is 0.352 e. The second-order valence-corrected chi connectivity index (χ2v) is 3.08. The Morgan fingerprint density at radius 2 is 2.20 bits per heavy atom. The summed E-state index contributed by atoms with van der Waals surface area (Å²) in [5.74, 6) is -0.983. The van der Waals surface area contributed by atoms with Gasteiger partial charge in [-0.1, -0.05) is 0 Å². The lowest BCUT2D eigenvalue weighted by Crippen LogP contribution is -2.31. The van der Waals surface area contributed by atoms with Gasteiger partial charge in [-0.3, -0.25) is 0 Å².